The molecule has 1 rings (SSSR count). The molecule has 0 spiro atoms. The summed E-state index contributed by atoms with van der Waals surface area (Å²) in [5, 5.41) is 0. The van der Waals surface area contributed by atoms with E-state index in [1.54, 1.807) is 6.92 Å². The Kier molecular flexibility index (Phi) is 12.9. The van der Waals surface area contributed by atoms with Crippen molar-refractivity contribution in [2.24, 2.45) is 11.8 Å². The van der Waals surface area contributed by atoms with Gasteiger partial charge < -0.3 is 14.2 Å². The van der Waals surface area contributed by atoms with Crippen LogP contribution in [0.15, 0.2) is 12.2 Å². The van der Waals surface area contributed by atoms with Gasteiger partial charge in [-0.15, -0.1) is 0 Å². The molecular formula is C19H29F9O4. The normalized spacial score (nSPS) is 21.1. The lowest BCUT2D eigenvalue weighted by Gasteiger charge is -2.57. The standard InChI is InChI=1S/C11H16F6O.C6H7F3O3.C2H6/c1-4-6(3)8-7(5-2)18-9(8,10(12,13)14)11(15,16)17;1-4(6(7,8)9)5(10)12-3-11-2;1-2/h6-8H,4-5H2,1-3H3;1,3H2,2H3;1-2H3. The number of halogens is 9. The summed E-state index contributed by atoms with van der Waals surface area (Å²) in [6.45, 7) is 10.5. The Bertz CT molecular complexity index is 563. The Morgan fingerprint density at radius 2 is 1.47 bits per heavy atom. The minimum Gasteiger partial charge on any atom is -0.435 e. The van der Waals surface area contributed by atoms with E-state index in [1.807, 2.05) is 13.8 Å². The van der Waals surface area contributed by atoms with Crippen LogP contribution in [0.5, 0.6) is 0 Å². The molecule has 0 aliphatic carbocycles. The van der Waals surface area contributed by atoms with Gasteiger partial charge in [0, 0.05) is 13.0 Å². The third-order valence-corrected chi connectivity index (χ3v) is 4.61. The molecule has 1 saturated heterocycles. The number of esters is 1. The monoisotopic (exact) mass is 492 g/mol. The van der Waals surface area contributed by atoms with Gasteiger partial charge in [0.25, 0.3) is 5.60 Å². The first kappa shape index (κ1) is 32.7. The summed E-state index contributed by atoms with van der Waals surface area (Å²) in [5.74, 6) is -3.79. The van der Waals surface area contributed by atoms with Gasteiger partial charge in [-0.3, -0.25) is 0 Å². The maximum Gasteiger partial charge on any atom is 0.426 e. The van der Waals surface area contributed by atoms with Crippen LogP contribution in [-0.2, 0) is 19.0 Å². The molecule has 0 aromatic rings. The predicted octanol–water partition coefficient (Wildman–Crippen LogP) is 6.60. The van der Waals surface area contributed by atoms with Crippen molar-refractivity contribution in [3.05, 3.63) is 12.2 Å². The third kappa shape index (κ3) is 7.53. The van der Waals surface area contributed by atoms with Crippen molar-refractivity contribution >= 4 is 5.97 Å². The Hall–Kier alpha value is -1.50. The summed E-state index contributed by atoms with van der Waals surface area (Å²) in [6.07, 6.45) is -16.2. The number of ether oxygens (including phenoxy) is 3. The largest absolute Gasteiger partial charge is 0.435 e. The Morgan fingerprint density at radius 3 is 1.75 bits per heavy atom. The van der Waals surface area contributed by atoms with Gasteiger partial charge in [-0.25, -0.2) is 4.79 Å². The second kappa shape index (κ2) is 12.7. The zero-order valence-electron chi connectivity index (χ0n) is 18.6. The van der Waals surface area contributed by atoms with E-state index >= 15 is 0 Å². The average Bonchev–Trinajstić information content (AvgIpc) is 2.64. The van der Waals surface area contributed by atoms with Crippen LogP contribution in [0, 0.1) is 11.8 Å². The fraction of sp³-hybridized carbons (Fsp3) is 0.842. The maximum atomic E-state index is 12.9. The molecule has 0 saturated carbocycles. The summed E-state index contributed by atoms with van der Waals surface area (Å²) in [5.41, 5.74) is -5.53. The second-order valence-electron chi connectivity index (χ2n) is 6.52. The summed E-state index contributed by atoms with van der Waals surface area (Å²) >= 11 is 0. The highest BCUT2D eigenvalue weighted by molar-refractivity contribution is 5.89. The highest BCUT2D eigenvalue weighted by Crippen LogP contribution is 2.61. The summed E-state index contributed by atoms with van der Waals surface area (Å²) in [4.78, 5) is 10.4. The zero-order valence-corrected chi connectivity index (χ0v) is 18.6. The molecule has 1 aliphatic heterocycles. The van der Waals surface area contributed by atoms with Crippen LogP contribution in [0.25, 0.3) is 0 Å². The summed E-state index contributed by atoms with van der Waals surface area (Å²) < 4.78 is 125. The first-order chi connectivity index (χ1) is 14.4. The molecule has 3 atom stereocenters. The molecule has 0 aromatic carbocycles. The quantitative estimate of drug-likeness (QED) is 0.181. The van der Waals surface area contributed by atoms with Gasteiger partial charge >= 0.3 is 24.5 Å². The first-order valence-corrected chi connectivity index (χ1v) is 9.65. The maximum absolute atomic E-state index is 12.9. The molecule has 1 fully saturated rings. The molecule has 192 valence electrons. The predicted molar refractivity (Wildman–Crippen MR) is 97.5 cm³/mol. The smallest absolute Gasteiger partial charge is 0.426 e. The van der Waals surface area contributed by atoms with Gasteiger partial charge in [-0.05, 0) is 12.3 Å². The van der Waals surface area contributed by atoms with E-state index < -0.39 is 60.4 Å². The van der Waals surface area contributed by atoms with Crippen molar-refractivity contribution in [2.75, 3.05) is 13.9 Å². The molecule has 0 aromatic heterocycles. The van der Waals surface area contributed by atoms with Crippen molar-refractivity contribution in [3.8, 4) is 0 Å². The van der Waals surface area contributed by atoms with Crippen molar-refractivity contribution in [2.45, 2.75) is 77.7 Å². The van der Waals surface area contributed by atoms with E-state index in [4.69, 9.17) is 0 Å². The fourth-order valence-corrected chi connectivity index (χ4v) is 2.93. The third-order valence-electron chi connectivity index (χ3n) is 4.61. The fourth-order valence-electron chi connectivity index (χ4n) is 2.93. The molecule has 0 amide bonds. The molecule has 1 heterocycles. The Morgan fingerprint density at radius 1 is 1.03 bits per heavy atom. The van der Waals surface area contributed by atoms with Crippen LogP contribution in [-0.4, -0.2) is 50.1 Å². The molecule has 13 heteroatoms. The van der Waals surface area contributed by atoms with Gasteiger partial charge in [0.2, 0.25) is 0 Å². The van der Waals surface area contributed by atoms with E-state index in [2.05, 4.69) is 20.8 Å². The highest BCUT2D eigenvalue weighted by atomic mass is 19.4. The molecule has 4 nitrogen and oxygen atoms in total. The van der Waals surface area contributed by atoms with Crippen LogP contribution in [0.4, 0.5) is 39.5 Å². The van der Waals surface area contributed by atoms with Crippen LogP contribution >= 0.6 is 0 Å². The van der Waals surface area contributed by atoms with Gasteiger partial charge in [0.15, 0.2) is 6.79 Å². The van der Waals surface area contributed by atoms with Crippen LogP contribution in [0.2, 0.25) is 0 Å². The Labute approximate surface area is 181 Å². The second-order valence-corrected chi connectivity index (χ2v) is 6.52. The van der Waals surface area contributed by atoms with Crippen molar-refractivity contribution in [3.63, 3.8) is 0 Å². The molecular weight excluding hydrogens is 463 g/mol. The van der Waals surface area contributed by atoms with E-state index in [-0.39, 0.29) is 12.8 Å². The first-order valence-electron chi connectivity index (χ1n) is 9.65. The van der Waals surface area contributed by atoms with Gasteiger partial charge in [0.1, 0.15) is 5.57 Å². The van der Waals surface area contributed by atoms with Crippen molar-refractivity contribution in [1.82, 2.24) is 0 Å². The van der Waals surface area contributed by atoms with E-state index in [9.17, 15) is 44.3 Å². The molecule has 32 heavy (non-hydrogen) atoms. The summed E-state index contributed by atoms with van der Waals surface area (Å²) in [6, 6.07) is 0. The molecule has 0 N–H and O–H groups in total. The minimum absolute atomic E-state index is 0.142. The van der Waals surface area contributed by atoms with E-state index in [0.717, 1.165) is 0 Å². The molecule has 3 unspecified atom stereocenters. The minimum atomic E-state index is -5.44. The van der Waals surface area contributed by atoms with Gasteiger partial charge in [-0.2, -0.15) is 39.5 Å². The van der Waals surface area contributed by atoms with Crippen molar-refractivity contribution in [1.29, 1.82) is 0 Å². The number of rotatable bonds is 6. The van der Waals surface area contributed by atoms with Crippen molar-refractivity contribution < 1.29 is 58.5 Å². The average molecular weight is 492 g/mol. The SMILES string of the molecule is C=C(C(=O)OCOC)C(F)(F)F.CC.CCC(C)C1C(CC)OC1(C(F)(F)F)C(F)(F)F. The number of hydrogen-bond donors (Lipinski definition) is 0. The van der Waals surface area contributed by atoms with Crippen LogP contribution < -0.4 is 0 Å². The zero-order chi connectivity index (χ0) is 26.1. The van der Waals surface area contributed by atoms with E-state index in [1.165, 1.54) is 21.0 Å². The lowest BCUT2D eigenvalue weighted by Crippen LogP contribution is -2.75. The molecule has 0 bridgehead atoms. The van der Waals surface area contributed by atoms with Crippen LogP contribution in [0.1, 0.15) is 47.5 Å². The number of carbonyl (C=O) groups is 1. The van der Waals surface area contributed by atoms with Crippen LogP contribution in [0.3, 0.4) is 0 Å². The lowest BCUT2D eigenvalue weighted by molar-refractivity contribution is -0.471. The van der Waals surface area contributed by atoms with Gasteiger partial charge in [-0.1, -0.05) is 47.6 Å². The number of hydrogen-bond acceptors (Lipinski definition) is 4. The highest BCUT2D eigenvalue weighted by Gasteiger charge is 2.82. The van der Waals surface area contributed by atoms with Gasteiger partial charge in [0.05, 0.1) is 6.10 Å². The number of alkyl halides is 9. The number of methoxy groups -OCH3 is 1. The topological polar surface area (TPSA) is 44.8 Å². The summed E-state index contributed by atoms with van der Waals surface area (Å²) in [7, 11) is 1.18. The lowest BCUT2D eigenvalue weighted by atomic mass is 9.67. The number of carbonyl (C=O) groups excluding carboxylic acids is 1. The Balaban J connectivity index is 0. The molecule has 1 aliphatic rings. The van der Waals surface area contributed by atoms with E-state index in [0.29, 0.717) is 0 Å². The molecule has 0 radical (unpaired) electrons.